The van der Waals surface area contributed by atoms with E-state index in [2.05, 4.69) is 4.98 Å². The van der Waals surface area contributed by atoms with Crippen LogP contribution in [0.4, 0.5) is 4.39 Å². The van der Waals surface area contributed by atoms with Gasteiger partial charge in [-0.1, -0.05) is 12.1 Å². The van der Waals surface area contributed by atoms with Crippen molar-refractivity contribution in [1.29, 1.82) is 0 Å². The van der Waals surface area contributed by atoms with Gasteiger partial charge in [-0.15, -0.1) is 11.3 Å². The SMILES string of the molecule is O=C([C@@H]1Cc2cccc(F)c2O1)N1CCCC[C@@H]1c1nccs1. The Morgan fingerprint density at radius 2 is 2.30 bits per heavy atom. The summed E-state index contributed by atoms with van der Waals surface area (Å²) < 4.78 is 19.4. The third-order valence-electron chi connectivity index (χ3n) is 4.51. The highest BCUT2D eigenvalue weighted by Gasteiger charge is 2.38. The predicted molar refractivity (Wildman–Crippen MR) is 84.9 cm³/mol. The van der Waals surface area contributed by atoms with Gasteiger partial charge in [0.15, 0.2) is 17.7 Å². The third kappa shape index (κ3) is 2.61. The summed E-state index contributed by atoms with van der Waals surface area (Å²) in [5.74, 6) is -0.220. The minimum Gasteiger partial charge on any atom is -0.477 e. The number of thiazole rings is 1. The maximum atomic E-state index is 13.8. The summed E-state index contributed by atoms with van der Waals surface area (Å²) in [5, 5.41) is 2.91. The standard InChI is InChI=1S/C17H17FN2O2S/c18-12-5-3-4-11-10-14(22-15(11)12)17(21)20-8-2-1-6-13(20)16-19-7-9-23-16/h3-5,7,9,13-14H,1-2,6,8,10H2/t13-,14+/m1/s1. The minimum atomic E-state index is -0.623. The van der Waals surface area contributed by atoms with Crippen LogP contribution in [0.1, 0.15) is 35.9 Å². The van der Waals surface area contributed by atoms with Crippen molar-refractivity contribution < 1.29 is 13.9 Å². The van der Waals surface area contributed by atoms with E-state index in [0.29, 0.717) is 13.0 Å². The molecule has 4 nitrogen and oxygen atoms in total. The molecule has 0 N–H and O–H groups in total. The second kappa shape index (κ2) is 5.92. The maximum Gasteiger partial charge on any atom is 0.264 e. The van der Waals surface area contributed by atoms with E-state index in [9.17, 15) is 9.18 Å². The summed E-state index contributed by atoms with van der Waals surface area (Å²) in [6.45, 7) is 0.710. The predicted octanol–water partition coefficient (Wildman–Crippen LogP) is 3.34. The number of fused-ring (bicyclic) bond motifs is 1. The molecule has 1 saturated heterocycles. The number of benzene rings is 1. The molecule has 6 heteroatoms. The molecule has 2 aliphatic rings. The number of rotatable bonds is 2. The Labute approximate surface area is 137 Å². The molecule has 0 bridgehead atoms. The Bertz CT molecular complexity index is 719. The molecule has 0 spiro atoms. The van der Waals surface area contributed by atoms with E-state index in [1.165, 1.54) is 6.07 Å². The lowest BCUT2D eigenvalue weighted by atomic mass is 10.0. The van der Waals surface area contributed by atoms with Crippen LogP contribution < -0.4 is 4.74 Å². The van der Waals surface area contributed by atoms with E-state index in [-0.39, 0.29) is 17.7 Å². The van der Waals surface area contributed by atoms with Gasteiger partial charge in [0.2, 0.25) is 0 Å². The van der Waals surface area contributed by atoms with Crippen LogP contribution >= 0.6 is 11.3 Å². The maximum absolute atomic E-state index is 13.8. The fourth-order valence-electron chi connectivity index (χ4n) is 3.40. The van der Waals surface area contributed by atoms with E-state index in [0.717, 1.165) is 29.8 Å². The zero-order valence-electron chi connectivity index (χ0n) is 12.6. The first-order valence-corrected chi connectivity index (χ1v) is 8.76. The molecule has 1 amide bonds. The highest BCUT2D eigenvalue weighted by Crippen LogP contribution is 2.36. The summed E-state index contributed by atoms with van der Waals surface area (Å²) in [6.07, 6.45) is 4.59. The number of ether oxygens (including phenoxy) is 1. The van der Waals surface area contributed by atoms with Crippen molar-refractivity contribution in [3.8, 4) is 5.75 Å². The lowest BCUT2D eigenvalue weighted by Gasteiger charge is -2.35. The van der Waals surface area contributed by atoms with Crippen LogP contribution in [0.15, 0.2) is 29.8 Å². The number of likely N-dealkylation sites (tertiary alicyclic amines) is 1. The molecule has 1 fully saturated rings. The summed E-state index contributed by atoms with van der Waals surface area (Å²) in [5.41, 5.74) is 0.770. The molecule has 0 saturated carbocycles. The quantitative estimate of drug-likeness (QED) is 0.847. The number of hydrogen-bond acceptors (Lipinski definition) is 4. The molecule has 2 atom stereocenters. The van der Waals surface area contributed by atoms with Crippen LogP contribution in [0.5, 0.6) is 5.75 Å². The lowest BCUT2D eigenvalue weighted by molar-refractivity contribution is -0.142. The molecule has 0 unspecified atom stereocenters. The van der Waals surface area contributed by atoms with Crippen LogP contribution in [-0.4, -0.2) is 28.4 Å². The zero-order valence-corrected chi connectivity index (χ0v) is 13.4. The lowest BCUT2D eigenvalue weighted by Crippen LogP contribution is -2.45. The number of halogens is 1. The van der Waals surface area contributed by atoms with Gasteiger partial charge in [0.1, 0.15) is 5.01 Å². The van der Waals surface area contributed by atoms with Crippen molar-refractivity contribution >= 4 is 17.2 Å². The highest BCUT2D eigenvalue weighted by molar-refractivity contribution is 7.09. The highest BCUT2D eigenvalue weighted by atomic mass is 32.1. The molecular weight excluding hydrogens is 315 g/mol. The van der Waals surface area contributed by atoms with E-state index >= 15 is 0 Å². The Hall–Kier alpha value is -1.95. The number of hydrogen-bond donors (Lipinski definition) is 0. The first kappa shape index (κ1) is 14.6. The average Bonchev–Trinajstić information content (AvgIpc) is 3.24. The molecular formula is C17H17FN2O2S. The van der Waals surface area contributed by atoms with Crippen LogP contribution in [-0.2, 0) is 11.2 Å². The monoisotopic (exact) mass is 332 g/mol. The summed E-state index contributed by atoms with van der Waals surface area (Å²) in [6, 6.07) is 4.86. The number of carbonyl (C=O) groups is 1. The third-order valence-corrected chi connectivity index (χ3v) is 5.39. The van der Waals surface area contributed by atoms with Crippen LogP contribution in [0.2, 0.25) is 0 Å². The van der Waals surface area contributed by atoms with Crippen molar-refractivity contribution in [2.45, 2.75) is 37.8 Å². The van der Waals surface area contributed by atoms with E-state index in [1.54, 1.807) is 23.6 Å². The minimum absolute atomic E-state index is 0.0217. The van der Waals surface area contributed by atoms with Crippen LogP contribution in [0, 0.1) is 5.82 Å². The van der Waals surface area contributed by atoms with Gasteiger partial charge in [0, 0.05) is 30.1 Å². The van der Waals surface area contributed by atoms with Gasteiger partial charge in [-0.05, 0) is 25.3 Å². The second-order valence-corrected chi connectivity index (χ2v) is 6.88. The van der Waals surface area contributed by atoms with Crippen molar-refractivity contribution in [2.24, 2.45) is 0 Å². The summed E-state index contributed by atoms with van der Waals surface area (Å²) >= 11 is 1.58. The van der Waals surface area contributed by atoms with Crippen LogP contribution in [0.25, 0.3) is 0 Å². The van der Waals surface area contributed by atoms with Gasteiger partial charge in [-0.2, -0.15) is 0 Å². The molecule has 2 aliphatic heterocycles. The molecule has 0 aliphatic carbocycles. The molecule has 23 heavy (non-hydrogen) atoms. The fourth-order valence-corrected chi connectivity index (χ4v) is 4.19. The normalized spacial score (nSPS) is 23.4. The van der Waals surface area contributed by atoms with Gasteiger partial charge >= 0.3 is 0 Å². The number of piperidine rings is 1. The molecule has 2 aromatic rings. The number of carbonyl (C=O) groups excluding carboxylic acids is 1. The van der Waals surface area contributed by atoms with E-state index in [1.807, 2.05) is 16.3 Å². The van der Waals surface area contributed by atoms with Crippen molar-refractivity contribution in [3.63, 3.8) is 0 Å². The topological polar surface area (TPSA) is 42.4 Å². The van der Waals surface area contributed by atoms with Gasteiger partial charge in [-0.25, -0.2) is 9.37 Å². The first-order chi connectivity index (χ1) is 11.2. The smallest absolute Gasteiger partial charge is 0.264 e. The Morgan fingerprint density at radius 1 is 1.39 bits per heavy atom. The number of nitrogens with zero attached hydrogens (tertiary/aromatic N) is 2. The van der Waals surface area contributed by atoms with E-state index < -0.39 is 11.9 Å². The molecule has 4 rings (SSSR count). The van der Waals surface area contributed by atoms with Crippen molar-refractivity contribution in [1.82, 2.24) is 9.88 Å². The first-order valence-electron chi connectivity index (χ1n) is 7.88. The van der Waals surface area contributed by atoms with Crippen molar-refractivity contribution in [3.05, 3.63) is 46.2 Å². The molecule has 120 valence electrons. The van der Waals surface area contributed by atoms with Gasteiger partial charge in [0.25, 0.3) is 5.91 Å². The number of aromatic nitrogens is 1. The van der Waals surface area contributed by atoms with Gasteiger partial charge < -0.3 is 9.64 Å². The number of amides is 1. The zero-order chi connectivity index (χ0) is 15.8. The van der Waals surface area contributed by atoms with Crippen molar-refractivity contribution in [2.75, 3.05) is 6.54 Å². The number of para-hydroxylation sites is 1. The summed E-state index contributed by atoms with van der Waals surface area (Å²) in [4.78, 5) is 19.2. The Kier molecular flexibility index (Phi) is 3.77. The Balaban J connectivity index is 1.56. The van der Waals surface area contributed by atoms with Gasteiger partial charge in [-0.3, -0.25) is 4.79 Å². The second-order valence-electron chi connectivity index (χ2n) is 5.95. The molecule has 1 aromatic carbocycles. The fraction of sp³-hybridized carbons (Fsp3) is 0.412. The summed E-state index contributed by atoms with van der Waals surface area (Å²) in [7, 11) is 0. The molecule has 0 radical (unpaired) electrons. The Morgan fingerprint density at radius 3 is 3.09 bits per heavy atom. The largest absolute Gasteiger partial charge is 0.477 e. The molecule has 3 heterocycles. The van der Waals surface area contributed by atoms with Gasteiger partial charge in [0.05, 0.1) is 6.04 Å². The van der Waals surface area contributed by atoms with Crippen LogP contribution in [0.3, 0.4) is 0 Å². The van der Waals surface area contributed by atoms with E-state index in [4.69, 9.17) is 4.74 Å². The molecule has 1 aromatic heterocycles. The average molecular weight is 332 g/mol.